The Bertz CT molecular complexity index is 365. The predicted octanol–water partition coefficient (Wildman–Crippen LogP) is 3.55. The number of likely N-dealkylation sites (N-methyl/N-ethyl adjacent to an activating group) is 1. The van der Waals surface area contributed by atoms with Gasteiger partial charge in [0, 0.05) is 6.04 Å². The first-order valence-electron chi connectivity index (χ1n) is 5.88. The van der Waals surface area contributed by atoms with Gasteiger partial charge in [0.2, 0.25) is 0 Å². The van der Waals surface area contributed by atoms with Crippen LogP contribution in [-0.4, -0.2) is 19.7 Å². The number of hydrogen-bond donors (Lipinski definition) is 1. The average Bonchev–Trinajstić information content (AvgIpc) is 2.30. The Morgan fingerprint density at radius 3 is 2.82 bits per heavy atom. The summed E-state index contributed by atoms with van der Waals surface area (Å²) >= 11 is 3.51. The largest absolute Gasteiger partial charge is 0.496 e. The van der Waals surface area contributed by atoms with Crippen molar-refractivity contribution in [1.29, 1.82) is 0 Å². The second kappa shape index (κ2) is 7.51. The second-order valence-corrected chi connectivity index (χ2v) is 4.81. The van der Waals surface area contributed by atoms with Crippen LogP contribution in [0.3, 0.4) is 0 Å². The highest BCUT2D eigenvalue weighted by Crippen LogP contribution is 2.26. The first-order valence-corrected chi connectivity index (χ1v) is 6.67. The van der Waals surface area contributed by atoms with Crippen LogP contribution in [0.5, 0.6) is 5.75 Å². The van der Waals surface area contributed by atoms with Crippen molar-refractivity contribution in [2.75, 3.05) is 13.7 Å². The van der Waals surface area contributed by atoms with Crippen molar-refractivity contribution in [3.63, 3.8) is 0 Å². The lowest BCUT2D eigenvalue weighted by Gasteiger charge is -2.16. The highest BCUT2D eigenvalue weighted by Gasteiger charge is 2.08. The van der Waals surface area contributed by atoms with Gasteiger partial charge in [0.1, 0.15) is 5.75 Å². The molecule has 0 bridgehead atoms. The Morgan fingerprint density at radius 2 is 2.29 bits per heavy atom. The molecule has 1 aromatic carbocycles. The van der Waals surface area contributed by atoms with E-state index >= 15 is 0 Å². The lowest BCUT2D eigenvalue weighted by atomic mass is 10.0. The van der Waals surface area contributed by atoms with Crippen LogP contribution in [-0.2, 0) is 6.42 Å². The minimum atomic E-state index is 0.456. The van der Waals surface area contributed by atoms with Crippen LogP contribution < -0.4 is 10.1 Å². The highest BCUT2D eigenvalue weighted by atomic mass is 79.9. The van der Waals surface area contributed by atoms with Crippen LogP contribution in [0, 0.1) is 0 Å². The molecular formula is C14H20BrNO. The van der Waals surface area contributed by atoms with E-state index in [0.29, 0.717) is 6.04 Å². The third-order valence-electron chi connectivity index (χ3n) is 2.64. The molecule has 17 heavy (non-hydrogen) atoms. The quantitative estimate of drug-likeness (QED) is 0.777. The summed E-state index contributed by atoms with van der Waals surface area (Å²) in [5.41, 5.74) is 1.30. The Labute approximate surface area is 112 Å². The maximum absolute atomic E-state index is 5.22. The summed E-state index contributed by atoms with van der Waals surface area (Å²) in [4.78, 5) is 0. The number of ether oxygens (including phenoxy) is 1. The maximum atomic E-state index is 5.22. The molecule has 0 aliphatic carbocycles. The molecule has 2 nitrogen and oxygen atoms in total. The number of nitrogens with one attached hydrogen (secondary N) is 1. The van der Waals surface area contributed by atoms with E-state index in [4.69, 9.17) is 4.74 Å². The molecule has 0 radical (unpaired) electrons. The molecule has 1 aromatic rings. The summed E-state index contributed by atoms with van der Waals surface area (Å²) < 4.78 is 6.23. The summed E-state index contributed by atoms with van der Waals surface area (Å²) in [7, 11) is 1.68. The van der Waals surface area contributed by atoms with E-state index in [1.165, 1.54) is 5.56 Å². The van der Waals surface area contributed by atoms with Crippen LogP contribution >= 0.6 is 15.9 Å². The smallest absolute Gasteiger partial charge is 0.133 e. The highest BCUT2D eigenvalue weighted by molar-refractivity contribution is 9.10. The molecule has 0 heterocycles. The summed E-state index contributed by atoms with van der Waals surface area (Å²) in [5.74, 6) is 0.873. The third-order valence-corrected chi connectivity index (χ3v) is 3.26. The van der Waals surface area contributed by atoms with Gasteiger partial charge in [-0.1, -0.05) is 19.1 Å². The van der Waals surface area contributed by atoms with Crippen molar-refractivity contribution in [2.24, 2.45) is 0 Å². The zero-order chi connectivity index (χ0) is 12.7. The van der Waals surface area contributed by atoms with Gasteiger partial charge in [-0.25, -0.2) is 0 Å². The molecule has 1 atom stereocenters. The summed E-state index contributed by atoms with van der Waals surface area (Å²) in [5, 5.41) is 3.46. The second-order valence-electron chi connectivity index (χ2n) is 3.95. The Balaban J connectivity index is 2.71. The minimum Gasteiger partial charge on any atom is -0.496 e. The van der Waals surface area contributed by atoms with Gasteiger partial charge >= 0.3 is 0 Å². The molecule has 0 spiro atoms. The van der Waals surface area contributed by atoms with Crippen molar-refractivity contribution >= 4 is 15.9 Å². The summed E-state index contributed by atoms with van der Waals surface area (Å²) in [6.45, 7) is 6.91. The molecule has 94 valence electrons. The van der Waals surface area contributed by atoms with Gasteiger partial charge < -0.3 is 10.1 Å². The number of hydrogen-bond acceptors (Lipinski definition) is 2. The third kappa shape index (κ3) is 4.52. The predicted molar refractivity (Wildman–Crippen MR) is 76.7 cm³/mol. The van der Waals surface area contributed by atoms with E-state index in [1.807, 2.05) is 12.1 Å². The van der Waals surface area contributed by atoms with Gasteiger partial charge in [0.15, 0.2) is 0 Å². The molecule has 0 fully saturated rings. The SMILES string of the molecule is C=CCC(Cc1ccc(OC)c(Br)c1)NCC. The monoisotopic (exact) mass is 297 g/mol. The van der Waals surface area contributed by atoms with E-state index in [-0.39, 0.29) is 0 Å². The standard InChI is InChI=1S/C14H20BrNO/c1-4-6-12(16-5-2)9-11-7-8-14(17-3)13(15)10-11/h4,7-8,10,12,16H,1,5-6,9H2,2-3H3. The molecule has 1 rings (SSSR count). The van der Waals surface area contributed by atoms with Crippen LogP contribution in [0.2, 0.25) is 0 Å². The van der Waals surface area contributed by atoms with Crippen LogP contribution in [0.4, 0.5) is 0 Å². The zero-order valence-electron chi connectivity index (χ0n) is 10.5. The Kier molecular flexibility index (Phi) is 6.30. The van der Waals surface area contributed by atoms with Crippen molar-refractivity contribution in [3.8, 4) is 5.75 Å². The number of halogens is 1. The fourth-order valence-corrected chi connectivity index (χ4v) is 2.44. The van der Waals surface area contributed by atoms with Gasteiger partial charge in [-0.15, -0.1) is 6.58 Å². The first kappa shape index (κ1) is 14.3. The van der Waals surface area contributed by atoms with E-state index in [9.17, 15) is 0 Å². The summed E-state index contributed by atoms with van der Waals surface area (Å²) in [6.07, 6.45) is 3.95. The van der Waals surface area contributed by atoms with Crippen molar-refractivity contribution in [3.05, 3.63) is 40.9 Å². The zero-order valence-corrected chi connectivity index (χ0v) is 12.1. The molecular weight excluding hydrogens is 278 g/mol. The molecule has 0 aromatic heterocycles. The fourth-order valence-electron chi connectivity index (χ4n) is 1.85. The number of rotatable bonds is 7. The van der Waals surface area contributed by atoms with E-state index in [1.54, 1.807) is 7.11 Å². The van der Waals surface area contributed by atoms with E-state index in [2.05, 4.69) is 46.9 Å². The van der Waals surface area contributed by atoms with Crippen LogP contribution in [0.25, 0.3) is 0 Å². The minimum absolute atomic E-state index is 0.456. The molecule has 0 saturated heterocycles. The average molecular weight is 298 g/mol. The van der Waals surface area contributed by atoms with Gasteiger partial charge in [0.25, 0.3) is 0 Å². The van der Waals surface area contributed by atoms with E-state index < -0.39 is 0 Å². The normalized spacial score (nSPS) is 12.2. The lowest BCUT2D eigenvalue weighted by molar-refractivity contribution is 0.412. The summed E-state index contributed by atoms with van der Waals surface area (Å²) in [6, 6.07) is 6.68. The van der Waals surface area contributed by atoms with Crippen molar-refractivity contribution in [1.82, 2.24) is 5.32 Å². The van der Waals surface area contributed by atoms with Gasteiger partial charge in [-0.2, -0.15) is 0 Å². The fraction of sp³-hybridized carbons (Fsp3) is 0.429. The molecule has 1 N–H and O–H groups in total. The topological polar surface area (TPSA) is 21.3 Å². The van der Waals surface area contributed by atoms with Crippen LogP contribution in [0.15, 0.2) is 35.3 Å². The van der Waals surface area contributed by atoms with Gasteiger partial charge in [-0.3, -0.25) is 0 Å². The lowest BCUT2D eigenvalue weighted by Crippen LogP contribution is -2.30. The number of benzene rings is 1. The van der Waals surface area contributed by atoms with Crippen molar-refractivity contribution < 1.29 is 4.74 Å². The number of methoxy groups -OCH3 is 1. The van der Waals surface area contributed by atoms with Gasteiger partial charge in [0.05, 0.1) is 11.6 Å². The molecule has 0 amide bonds. The molecule has 0 aliphatic rings. The molecule has 1 unspecified atom stereocenters. The molecule has 3 heteroatoms. The van der Waals surface area contributed by atoms with Crippen molar-refractivity contribution in [2.45, 2.75) is 25.8 Å². The van der Waals surface area contributed by atoms with Crippen LogP contribution in [0.1, 0.15) is 18.9 Å². The maximum Gasteiger partial charge on any atom is 0.133 e. The Morgan fingerprint density at radius 1 is 1.53 bits per heavy atom. The Hall–Kier alpha value is -0.800. The van der Waals surface area contributed by atoms with E-state index in [0.717, 1.165) is 29.6 Å². The van der Waals surface area contributed by atoms with Gasteiger partial charge in [-0.05, 0) is 53.0 Å². The molecule has 0 aliphatic heterocycles. The molecule has 0 saturated carbocycles. The first-order chi connectivity index (χ1) is 8.21.